The van der Waals surface area contributed by atoms with Crippen molar-refractivity contribution in [3.8, 4) is 17.1 Å². The molecule has 41 heavy (non-hydrogen) atoms. The first-order chi connectivity index (χ1) is 19.5. The fourth-order valence-electron chi connectivity index (χ4n) is 5.14. The van der Waals surface area contributed by atoms with Crippen LogP contribution < -0.4 is 20.7 Å². The van der Waals surface area contributed by atoms with Crippen LogP contribution in [0.25, 0.3) is 11.3 Å². The molecule has 1 aromatic heterocycles. The Labute approximate surface area is 239 Å². The minimum absolute atomic E-state index is 0.0245. The second kappa shape index (κ2) is 12.8. The van der Waals surface area contributed by atoms with Crippen molar-refractivity contribution in [3.05, 3.63) is 60.6 Å². The van der Waals surface area contributed by atoms with Gasteiger partial charge in [0.25, 0.3) is 0 Å². The van der Waals surface area contributed by atoms with Gasteiger partial charge in [-0.25, -0.2) is 4.98 Å². The van der Waals surface area contributed by atoms with Gasteiger partial charge in [-0.2, -0.15) is 0 Å². The lowest BCUT2D eigenvalue weighted by molar-refractivity contribution is -0.137. The average Bonchev–Trinajstić information content (AvgIpc) is 3.48. The number of amides is 3. The van der Waals surface area contributed by atoms with Crippen molar-refractivity contribution in [2.75, 3.05) is 17.7 Å². The van der Waals surface area contributed by atoms with Crippen LogP contribution in [-0.4, -0.2) is 41.1 Å². The molecule has 2 aromatic carbocycles. The van der Waals surface area contributed by atoms with Crippen LogP contribution in [0.4, 0.5) is 11.4 Å². The SMILES string of the molecule is COc1cc(NC(=O)C(=O)NC(C)(C)Cc2ccc(NC(=O)C3CCC(C(C)=O)CC3)cc2)ccc1-c1cnco1. The summed E-state index contributed by atoms with van der Waals surface area (Å²) in [5.74, 6) is -0.424. The fourth-order valence-corrected chi connectivity index (χ4v) is 5.14. The van der Waals surface area contributed by atoms with E-state index >= 15 is 0 Å². The van der Waals surface area contributed by atoms with Crippen LogP contribution in [0, 0.1) is 11.8 Å². The Hall–Kier alpha value is -4.47. The molecule has 4 rings (SSSR count). The molecule has 1 aliphatic rings. The Kier molecular flexibility index (Phi) is 9.21. The second-order valence-electron chi connectivity index (χ2n) is 11.1. The molecule has 3 N–H and O–H groups in total. The molecule has 0 saturated heterocycles. The predicted octanol–water partition coefficient (Wildman–Crippen LogP) is 4.76. The van der Waals surface area contributed by atoms with Gasteiger partial charge in [-0.1, -0.05) is 12.1 Å². The van der Waals surface area contributed by atoms with Gasteiger partial charge in [-0.3, -0.25) is 19.2 Å². The highest BCUT2D eigenvalue weighted by Crippen LogP contribution is 2.32. The number of hydrogen-bond acceptors (Lipinski definition) is 7. The zero-order valence-electron chi connectivity index (χ0n) is 23.8. The number of carbonyl (C=O) groups excluding carboxylic acids is 4. The lowest BCUT2D eigenvalue weighted by Crippen LogP contribution is -2.49. The predicted molar refractivity (Wildman–Crippen MR) is 154 cm³/mol. The molecule has 1 heterocycles. The number of oxazole rings is 1. The van der Waals surface area contributed by atoms with Gasteiger partial charge in [0.15, 0.2) is 12.2 Å². The number of carbonyl (C=O) groups is 4. The number of Topliss-reactive ketones (excluding diaryl/α,β-unsaturated/α-hetero) is 1. The maximum absolute atomic E-state index is 12.7. The molecule has 1 aliphatic carbocycles. The number of ether oxygens (including phenoxy) is 1. The second-order valence-corrected chi connectivity index (χ2v) is 11.1. The van der Waals surface area contributed by atoms with E-state index in [9.17, 15) is 19.2 Å². The molecule has 0 unspecified atom stereocenters. The summed E-state index contributed by atoms with van der Waals surface area (Å²) >= 11 is 0. The first-order valence-corrected chi connectivity index (χ1v) is 13.7. The Morgan fingerprint density at radius 3 is 2.20 bits per heavy atom. The third-order valence-electron chi connectivity index (χ3n) is 7.36. The lowest BCUT2D eigenvalue weighted by atomic mass is 9.80. The molecule has 0 atom stereocenters. The van der Waals surface area contributed by atoms with Gasteiger partial charge in [-0.15, -0.1) is 0 Å². The van der Waals surface area contributed by atoms with Crippen LogP contribution in [-0.2, 0) is 25.6 Å². The summed E-state index contributed by atoms with van der Waals surface area (Å²) in [6.45, 7) is 5.29. The van der Waals surface area contributed by atoms with E-state index in [0.717, 1.165) is 31.2 Å². The summed E-state index contributed by atoms with van der Waals surface area (Å²) < 4.78 is 10.7. The normalized spacial score (nSPS) is 16.9. The van der Waals surface area contributed by atoms with Crippen molar-refractivity contribution in [2.45, 2.75) is 58.4 Å². The van der Waals surface area contributed by atoms with Crippen molar-refractivity contribution >= 4 is 34.9 Å². The van der Waals surface area contributed by atoms with Gasteiger partial charge in [0.05, 0.1) is 18.9 Å². The Morgan fingerprint density at radius 2 is 1.59 bits per heavy atom. The summed E-state index contributed by atoms with van der Waals surface area (Å²) in [5.41, 5.74) is 1.97. The largest absolute Gasteiger partial charge is 0.496 e. The van der Waals surface area contributed by atoms with Crippen LogP contribution in [0.3, 0.4) is 0 Å². The van der Waals surface area contributed by atoms with E-state index in [4.69, 9.17) is 9.15 Å². The first-order valence-electron chi connectivity index (χ1n) is 13.7. The van der Waals surface area contributed by atoms with E-state index < -0.39 is 17.4 Å². The third kappa shape index (κ3) is 7.81. The topological polar surface area (TPSA) is 140 Å². The number of nitrogens with one attached hydrogen (secondary N) is 3. The minimum atomic E-state index is -0.803. The van der Waals surface area contributed by atoms with Crippen LogP contribution >= 0.6 is 0 Å². The van der Waals surface area contributed by atoms with Crippen molar-refractivity contribution in [1.82, 2.24) is 10.3 Å². The van der Waals surface area contributed by atoms with Gasteiger partial charge < -0.3 is 25.1 Å². The van der Waals surface area contributed by atoms with Crippen molar-refractivity contribution in [3.63, 3.8) is 0 Å². The summed E-state index contributed by atoms with van der Waals surface area (Å²) in [4.78, 5) is 53.5. The zero-order valence-corrected chi connectivity index (χ0v) is 23.8. The smallest absolute Gasteiger partial charge is 0.313 e. The highest BCUT2D eigenvalue weighted by atomic mass is 16.5. The molecule has 1 saturated carbocycles. The quantitative estimate of drug-likeness (QED) is 0.321. The molecule has 1 fully saturated rings. The number of benzene rings is 2. The van der Waals surface area contributed by atoms with Crippen molar-refractivity contribution in [1.29, 1.82) is 0 Å². The summed E-state index contributed by atoms with van der Waals surface area (Å²) in [6.07, 6.45) is 6.29. The number of rotatable bonds is 9. The Balaban J connectivity index is 1.28. The minimum Gasteiger partial charge on any atom is -0.496 e. The van der Waals surface area contributed by atoms with Gasteiger partial charge in [0.2, 0.25) is 5.91 Å². The standard InChI is InChI=1S/C31H36N4O6/c1-19(36)21-7-9-22(10-8-21)28(37)33-23-11-5-20(6-12-23)16-31(2,3)35-30(39)29(38)34-24-13-14-25(26(15-24)40-4)27-17-32-18-41-27/h5-6,11-15,17-18,21-22H,7-10,16H2,1-4H3,(H,33,37)(H,34,38)(H,35,39). The molecule has 3 aromatic rings. The highest BCUT2D eigenvalue weighted by Gasteiger charge is 2.29. The molecule has 3 amide bonds. The molecule has 10 nitrogen and oxygen atoms in total. The molecule has 0 spiro atoms. The first kappa shape index (κ1) is 29.5. The summed E-state index contributed by atoms with van der Waals surface area (Å²) in [6, 6.07) is 12.4. The molecular weight excluding hydrogens is 524 g/mol. The Bertz CT molecular complexity index is 1390. The number of methoxy groups -OCH3 is 1. The third-order valence-corrected chi connectivity index (χ3v) is 7.36. The van der Waals surface area contributed by atoms with Gasteiger partial charge in [-0.05, 0) is 82.7 Å². The van der Waals surface area contributed by atoms with Crippen LogP contribution in [0.5, 0.6) is 5.75 Å². The lowest BCUT2D eigenvalue weighted by Gasteiger charge is -2.27. The molecule has 216 valence electrons. The maximum atomic E-state index is 12.7. The molecule has 10 heteroatoms. The van der Waals surface area contributed by atoms with Gasteiger partial charge in [0, 0.05) is 34.8 Å². The van der Waals surface area contributed by atoms with E-state index in [1.165, 1.54) is 13.5 Å². The number of hydrogen-bond donors (Lipinski definition) is 3. The van der Waals surface area contributed by atoms with E-state index in [-0.39, 0.29) is 23.5 Å². The van der Waals surface area contributed by atoms with Crippen LogP contribution in [0.15, 0.2) is 59.5 Å². The average molecular weight is 561 g/mol. The van der Waals surface area contributed by atoms with E-state index in [2.05, 4.69) is 20.9 Å². The number of aromatic nitrogens is 1. The number of ketones is 1. The van der Waals surface area contributed by atoms with Gasteiger partial charge >= 0.3 is 11.8 Å². The number of anilines is 2. The van der Waals surface area contributed by atoms with Crippen LogP contribution in [0.2, 0.25) is 0 Å². The molecular formula is C31H36N4O6. The van der Waals surface area contributed by atoms with E-state index in [1.807, 2.05) is 38.1 Å². The summed E-state index contributed by atoms with van der Waals surface area (Å²) in [7, 11) is 1.50. The highest BCUT2D eigenvalue weighted by molar-refractivity contribution is 6.39. The van der Waals surface area contributed by atoms with Crippen LogP contribution in [0.1, 0.15) is 52.0 Å². The number of nitrogens with zero attached hydrogens (tertiary/aromatic N) is 1. The molecule has 0 bridgehead atoms. The molecule has 0 aliphatic heterocycles. The molecule has 0 radical (unpaired) electrons. The Morgan fingerprint density at radius 1 is 0.927 bits per heavy atom. The van der Waals surface area contributed by atoms with E-state index in [0.29, 0.717) is 34.9 Å². The zero-order chi connectivity index (χ0) is 29.6. The van der Waals surface area contributed by atoms with E-state index in [1.54, 1.807) is 31.3 Å². The van der Waals surface area contributed by atoms with Gasteiger partial charge in [0.1, 0.15) is 11.5 Å². The van der Waals surface area contributed by atoms with Crippen molar-refractivity contribution < 1.29 is 28.3 Å². The van der Waals surface area contributed by atoms with Crippen molar-refractivity contribution in [2.24, 2.45) is 11.8 Å². The fraction of sp³-hybridized carbons (Fsp3) is 0.387. The maximum Gasteiger partial charge on any atom is 0.313 e. The summed E-state index contributed by atoms with van der Waals surface area (Å²) in [5, 5.41) is 8.36. The monoisotopic (exact) mass is 560 g/mol.